The van der Waals surface area contributed by atoms with Crippen LogP contribution in [0.4, 0.5) is 0 Å². The molecule has 0 amide bonds. The lowest BCUT2D eigenvalue weighted by atomic mass is 10.1. The van der Waals surface area contributed by atoms with Crippen molar-refractivity contribution in [3.05, 3.63) is 28.8 Å². The zero-order valence-corrected chi connectivity index (χ0v) is 10.7. The average molecular weight is 290 g/mol. The minimum Gasteiger partial charge on any atom is -0.480 e. The quantitative estimate of drug-likeness (QED) is 0.595. The molecule has 0 radical (unpaired) electrons. The van der Waals surface area contributed by atoms with Crippen LogP contribution in [0.15, 0.2) is 12.1 Å². The molecule has 1 aromatic carbocycles. The van der Waals surface area contributed by atoms with Gasteiger partial charge < -0.3 is 4.74 Å². The van der Waals surface area contributed by atoms with Crippen LogP contribution in [-0.2, 0) is 0 Å². The second kappa shape index (κ2) is 4.31. The molecule has 1 atom stereocenters. The van der Waals surface area contributed by atoms with Crippen LogP contribution in [0.25, 0.3) is 0 Å². The summed E-state index contributed by atoms with van der Waals surface area (Å²) in [6.07, 6.45) is 0. The number of halogens is 1. The smallest absolute Gasteiger partial charge is 0.146 e. The lowest BCUT2D eigenvalue weighted by Crippen LogP contribution is -2.04. The largest absolute Gasteiger partial charge is 0.480 e. The zero-order chi connectivity index (χ0) is 10.0. The van der Waals surface area contributed by atoms with E-state index in [0.717, 1.165) is 5.75 Å². The van der Waals surface area contributed by atoms with E-state index in [1.807, 2.05) is 6.92 Å². The standard InChI is InChI=1S/C11H15IO/c1-7-5-8(2)11(9(3)6-7)13-10(4)12/h5-6,10H,1-4H3. The van der Waals surface area contributed by atoms with E-state index in [2.05, 4.69) is 55.5 Å². The van der Waals surface area contributed by atoms with Crippen molar-refractivity contribution < 1.29 is 4.74 Å². The molecule has 0 fully saturated rings. The molecule has 72 valence electrons. The Morgan fingerprint density at radius 3 is 2.00 bits per heavy atom. The van der Waals surface area contributed by atoms with Crippen molar-refractivity contribution in [2.24, 2.45) is 0 Å². The third-order valence-corrected chi connectivity index (χ3v) is 2.14. The van der Waals surface area contributed by atoms with Crippen molar-refractivity contribution in [2.45, 2.75) is 31.8 Å². The van der Waals surface area contributed by atoms with Gasteiger partial charge in [-0.1, -0.05) is 17.7 Å². The number of aryl methyl sites for hydroxylation is 3. The first-order chi connectivity index (χ1) is 6.00. The van der Waals surface area contributed by atoms with Crippen molar-refractivity contribution in [2.75, 3.05) is 0 Å². The van der Waals surface area contributed by atoms with Gasteiger partial charge in [0.1, 0.15) is 9.86 Å². The summed E-state index contributed by atoms with van der Waals surface area (Å²) in [5.41, 5.74) is 3.74. The monoisotopic (exact) mass is 290 g/mol. The van der Waals surface area contributed by atoms with Gasteiger partial charge in [0.25, 0.3) is 0 Å². The molecule has 1 unspecified atom stereocenters. The Morgan fingerprint density at radius 2 is 1.62 bits per heavy atom. The molecule has 1 rings (SSSR count). The molecule has 0 aliphatic carbocycles. The second-order valence-electron chi connectivity index (χ2n) is 3.39. The molecule has 0 bridgehead atoms. The molecule has 13 heavy (non-hydrogen) atoms. The fourth-order valence-electron chi connectivity index (χ4n) is 1.52. The highest BCUT2D eigenvalue weighted by Gasteiger charge is 2.06. The third-order valence-electron chi connectivity index (χ3n) is 1.88. The SMILES string of the molecule is Cc1cc(C)c(OC(C)I)c(C)c1. The molecule has 0 aliphatic rings. The Morgan fingerprint density at radius 1 is 1.15 bits per heavy atom. The highest BCUT2D eigenvalue weighted by Crippen LogP contribution is 2.26. The molecule has 0 aliphatic heterocycles. The van der Waals surface area contributed by atoms with Gasteiger partial charge in [0, 0.05) is 0 Å². The van der Waals surface area contributed by atoms with Crippen molar-refractivity contribution in [3.63, 3.8) is 0 Å². The van der Waals surface area contributed by atoms with Crippen LogP contribution >= 0.6 is 22.6 Å². The lowest BCUT2D eigenvalue weighted by Gasteiger charge is -2.14. The molecule has 0 N–H and O–H groups in total. The summed E-state index contributed by atoms with van der Waals surface area (Å²) in [5.74, 6) is 1.03. The molecule has 2 heteroatoms. The number of benzene rings is 1. The predicted molar refractivity (Wildman–Crippen MR) is 64.8 cm³/mol. The molecule has 0 heterocycles. The van der Waals surface area contributed by atoms with Crippen LogP contribution in [0.2, 0.25) is 0 Å². The summed E-state index contributed by atoms with van der Waals surface area (Å²) in [6, 6.07) is 4.31. The van der Waals surface area contributed by atoms with E-state index in [1.54, 1.807) is 0 Å². The molecule has 1 nitrogen and oxygen atoms in total. The van der Waals surface area contributed by atoms with Crippen LogP contribution in [0, 0.1) is 20.8 Å². The number of hydrogen-bond acceptors (Lipinski definition) is 1. The molecule has 0 aromatic heterocycles. The van der Waals surface area contributed by atoms with Gasteiger partial charge in [-0.2, -0.15) is 0 Å². The van der Waals surface area contributed by atoms with Gasteiger partial charge in [-0.3, -0.25) is 0 Å². The van der Waals surface area contributed by atoms with E-state index >= 15 is 0 Å². The van der Waals surface area contributed by atoms with Gasteiger partial charge in [0.15, 0.2) is 0 Å². The first kappa shape index (κ1) is 10.8. The van der Waals surface area contributed by atoms with Gasteiger partial charge in [0.2, 0.25) is 0 Å². The summed E-state index contributed by atoms with van der Waals surface area (Å²) in [7, 11) is 0. The fourth-order valence-corrected chi connectivity index (χ4v) is 1.77. The second-order valence-corrected chi connectivity index (χ2v) is 5.14. The zero-order valence-electron chi connectivity index (χ0n) is 8.52. The van der Waals surface area contributed by atoms with E-state index < -0.39 is 0 Å². The van der Waals surface area contributed by atoms with Gasteiger partial charge in [-0.05, 0) is 61.4 Å². The number of alkyl halides is 1. The molecule has 0 saturated heterocycles. The van der Waals surface area contributed by atoms with Crippen LogP contribution in [-0.4, -0.2) is 4.11 Å². The highest BCUT2D eigenvalue weighted by molar-refractivity contribution is 14.1. The molecule has 1 aromatic rings. The lowest BCUT2D eigenvalue weighted by molar-refractivity contribution is 0.318. The van der Waals surface area contributed by atoms with Crippen molar-refractivity contribution in [1.82, 2.24) is 0 Å². The number of hydrogen-bond donors (Lipinski definition) is 0. The summed E-state index contributed by atoms with van der Waals surface area (Å²) in [4.78, 5) is 0. The number of ether oxygens (including phenoxy) is 1. The maximum absolute atomic E-state index is 5.72. The Hall–Kier alpha value is -0.250. The highest BCUT2D eigenvalue weighted by atomic mass is 127. The summed E-state index contributed by atoms with van der Waals surface area (Å²) in [5, 5.41) is 0. The van der Waals surface area contributed by atoms with Crippen LogP contribution in [0.1, 0.15) is 23.6 Å². The molecular weight excluding hydrogens is 275 g/mol. The van der Waals surface area contributed by atoms with Crippen molar-refractivity contribution in [3.8, 4) is 5.75 Å². The molecule has 0 spiro atoms. The topological polar surface area (TPSA) is 9.23 Å². The van der Waals surface area contributed by atoms with E-state index in [0.29, 0.717) is 0 Å². The van der Waals surface area contributed by atoms with Gasteiger partial charge in [-0.25, -0.2) is 0 Å². The van der Waals surface area contributed by atoms with Crippen molar-refractivity contribution >= 4 is 22.6 Å². The third kappa shape index (κ3) is 2.86. The molecule has 0 saturated carbocycles. The average Bonchev–Trinajstić information content (AvgIpc) is 1.96. The Kier molecular flexibility index (Phi) is 3.59. The van der Waals surface area contributed by atoms with Crippen LogP contribution in [0.5, 0.6) is 5.75 Å². The molecular formula is C11H15IO. The van der Waals surface area contributed by atoms with E-state index in [9.17, 15) is 0 Å². The Labute approximate surface area is 93.6 Å². The normalized spacial score (nSPS) is 12.7. The Bertz CT molecular complexity index is 282. The van der Waals surface area contributed by atoms with Crippen molar-refractivity contribution in [1.29, 1.82) is 0 Å². The summed E-state index contributed by atoms with van der Waals surface area (Å²) >= 11 is 2.27. The van der Waals surface area contributed by atoms with E-state index in [4.69, 9.17) is 4.74 Å². The van der Waals surface area contributed by atoms with Gasteiger partial charge >= 0.3 is 0 Å². The van der Waals surface area contributed by atoms with E-state index in [-0.39, 0.29) is 4.11 Å². The summed E-state index contributed by atoms with van der Waals surface area (Å²) in [6.45, 7) is 8.33. The predicted octanol–water partition coefficient (Wildman–Crippen LogP) is 3.77. The van der Waals surface area contributed by atoms with Crippen LogP contribution in [0.3, 0.4) is 0 Å². The minimum atomic E-state index is 0.220. The summed E-state index contributed by atoms with van der Waals surface area (Å²) < 4.78 is 5.94. The Balaban J connectivity index is 3.06. The maximum atomic E-state index is 5.72. The minimum absolute atomic E-state index is 0.220. The van der Waals surface area contributed by atoms with Gasteiger partial charge in [-0.15, -0.1) is 0 Å². The number of rotatable bonds is 2. The maximum Gasteiger partial charge on any atom is 0.146 e. The first-order valence-corrected chi connectivity index (χ1v) is 5.64. The van der Waals surface area contributed by atoms with Gasteiger partial charge in [0.05, 0.1) is 0 Å². The van der Waals surface area contributed by atoms with E-state index in [1.165, 1.54) is 16.7 Å². The van der Waals surface area contributed by atoms with Crippen LogP contribution < -0.4 is 4.74 Å². The first-order valence-electron chi connectivity index (χ1n) is 4.39. The fraction of sp³-hybridized carbons (Fsp3) is 0.455.